The Hall–Kier alpha value is -1.75. The molecule has 2 rings (SSSR count). The fourth-order valence-corrected chi connectivity index (χ4v) is 1.65. The van der Waals surface area contributed by atoms with Gasteiger partial charge < -0.3 is 4.74 Å². The molecule has 0 unspecified atom stereocenters. The van der Waals surface area contributed by atoms with Crippen molar-refractivity contribution in [1.82, 2.24) is 0 Å². The molecule has 0 aliphatic carbocycles. The van der Waals surface area contributed by atoms with Crippen LogP contribution in [0.4, 0.5) is 17.6 Å². The lowest BCUT2D eigenvalue weighted by Gasteiger charge is -2.09. The summed E-state index contributed by atoms with van der Waals surface area (Å²) in [6.45, 7) is 0. The molecule has 2 aromatic rings. The molecule has 0 spiro atoms. The van der Waals surface area contributed by atoms with Crippen molar-refractivity contribution in [3.05, 3.63) is 58.9 Å². The Morgan fingerprint density at radius 3 is 2.05 bits per heavy atom. The monoisotopic (exact) mass is 290 g/mol. The molecule has 0 aliphatic heterocycles. The minimum absolute atomic E-state index is 0.116. The van der Waals surface area contributed by atoms with E-state index in [1.807, 2.05) is 0 Å². The molecule has 6 heteroatoms. The van der Waals surface area contributed by atoms with Gasteiger partial charge in [-0.2, -0.15) is 13.2 Å². The molecule has 0 fully saturated rings. The number of benzene rings is 2. The third-order valence-electron chi connectivity index (χ3n) is 2.25. The first-order valence-electron chi connectivity index (χ1n) is 5.16. The summed E-state index contributed by atoms with van der Waals surface area (Å²) in [4.78, 5) is 0. The molecule has 0 heterocycles. The van der Waals surface area contributed by atoms with Crippen LogP contribution in [0.5, 0.6) is 11.5 Å². The maximum atomic E-state index is 13.0. The smallest absolute Gasteiger partial charge is 0.416 e. The Bertz CT molecular complexity index is 558. The zero-order valence-electron chi connectivity index (χ0n) is 9.34. The summed E-state index contributed by atoms with van der Waals surface area (Å²) >= 11 is 5.63. The van der Waals surface area contributed by atoms with Crippen molar-refractivity contribution < 1.29 is 22.3 Å². The fraction of sp³-hybridized carbons (Fsp3) is 0.0769. The standard InChI is InChI=1S/C13H7ClF4O/c14-9-5-10(15)7-12(6-9)19-11-3-1-8(2-4-11)13(16,17)18/h1-7H. The minimum atomic E-state index is -4.40. The minimum Gasteiger partial charge on any atom is -0.457 e. The Morgan fingerprint density at radius 2 is 1.53 bits per heavy atom. The summed E-state index contributed by atoms with van der Waals surface area (Å²) in [5.41, 5.74) is -0.780. The molecule has 0 aromatic heterocycles. The second kappa shape index (κ2) is 5.09. The van der Waals surface area contributed by atoms with Crippen LogP contribution in [-0.4, -0.2) is 0 Å². The summed E-state index contributed by atoms with van der Waals surface area (Å²) in [6, 6.07) is 7.63. The van der Waals surface area contributed by atoms with E-state index in [1.165, 1.54) is 6.07 Å². The topological polar surface area (TPSA) is 9.23 Å². The van der Waals surface area contributed by atoms with Crippen LogP contribution in [0.25, 0.3) is 0 Å². The van der Waals surface area contributed by atoms with Gasteiger partial charge in [-0.1, -0.05) is 11.6 Å². The van der Waals surface area contributed by atoms with Crippen molar-refractivity contribution in [3.8, 4) is 11.5 Å². The molecular weight excluding hydrogens is 284 g/mol. The number of ether oxygens (including phenoxy) is 1. The van der Waals surface area contributed by atoms with Gasteiger partial charge in [-0.3, -0.25) is 0 Å². The van der Waals surface area contributed by atoms with Crippen LogP contribution in [0.15, 0.2) is 42.5 Å². The molecule has 0 amide bonds. The third kappa shape index (κ3) is 3.61. The summed E-state index contributed by atoms with van der Waals surface area (Å²) < 4.78 is 55.3. The predicted octanol–water partition coefficient (Wildman–Crippen LogP) is 5.29. The molecule has 0 aliphatic rings. The van der Waals surface area contributed by atoms with Gasteiger partial charge in [0.25, 0.3) is 0 Å². The SMILES string of the molecule is Fc1cc(Cl)cc(Oc2ccc(C(F)(F)F)cc2)c1. The van der Waals surface area contributed by atoms with E-state index in [-0.39, 0.29) is 16.5 Å². The van der Waals surface area contributed by atoms with Crippen molar-refractivity contribution in [3.63, 3.8) is 0 Å². The molecule has 0 bridgehead atoms. The highest BCUT2D eigenvalue weighted by Gasteiger charge is 2.30. The second-order valence-corrected chi connectivity index (χ2v) is 4.17. The molecular formula is C13H7ClF4O. The fourth-order valence-electron chi connectivity index (χ4n) is 1.44. The molecule has 0 saturated heterocycles. The second-order valence-electron chi connectivity index (χ2n) is 3.73. The van der Waals surface area contributed by atoms with Crippen LogP contribution < -0.4 is 4.74 Å². The summed E-state index contributed by atoms with van der Waals surface area (Å²) in [5, 5.41) is 0.141. The van der Waals surface area contributed by atoms with Gasteiger partial charge >= 0.3 is 6.18 Å². The molecule has 0 atom stereocenters. The van der Waals surface area contributed by atoms with E-state index < -0.39 is 17.6 Å². The zero-order chi connectivity index (χ0) is 14.0. The van der Waals surface area contributed by atoms with Gasteiger partial charge in [0, 0.05) is 11.1 Å². The van der Waals surface area contributed by atoms with Crippen molar-refractivity contribution >= 4 is 11.6 Å². The number of halogens is 5. The lowest BCUT2D eigenvalue weighted by atomic mass is 10.2. The number of alkyl halides is 3. The molecule has 1 nitrogen and oxygen atoms in total. The van der Waals surface area contributed by atoms with Crippen molar-refractivity contribution in [1.29, 1.82) is 0 Å². The number of hydrogen-bond donors (Lipinski definition) is 0. The van der Waals surface area contributed by atoms with E-state index in [2.05, 4.69) is 0 Å². The summed E-state index contributed by atoms with van der Waals surface area (Å²) in [6.07, 6.45) is -4.40. The van der Waals surface area contributed by atoms with Gasteiger partial charge in [0.2, 0.25) is 0 Å². The lowest BCUT2D eigenvalue weighted by Crippen LogP contribution is -2.03. The van der Waals surface area contributed by atoms with E-state index in [0.717, 1.165) is 36.4 Å². The Morgan fingerprint density at radius 1 is 0.895 bits per heavy atom. The maximum Gasteiger partial charge on any atom is 0.416 e. The summed E-state index contributed by atoms with van der Waals surface area (Å²) in [5.74, 6) is -0.311. The highest BCUT2D eigenvalue weighted by Crippen LogP contribution is 2.32. The summed E-state index contributed by atoms with van der Waals surface area (Å²) in [7, 11) is 0. The van der Waals surface area contributed by atoms with Crippen LogP contribution in [0.1, 0.15) is 5.56 Å². The van der Waals surface area contributed by atoms with Crippen molar-refractivity contribution in [2.75, 3.05) is 0 Å². The first-order valence-corrected chi connectivity index (χ1v) is 5.53. The lowest BCUT2D eigenvalue weighted by molar-refractivity contribution is -0.137. The molecule has 19 heavy (non-hydrogen) atoms. The predicted molar refractivity (Wildman–Crippen MR) is 62.9 cm³/mol. The average molecular weight is 291 g/mol. The number of hydrogen-bond acceptors (Lipinski definition) is 1. The largest absolute Gasteiger partial charge is 0.457 e. The van der Waals surface area contributed by atoms with Gasteiger partial charge in [-0.25, -0.2) is 4.39 Å². The normalized spacial score (nSPS) is 11.4. The van der Waals surface area contributed by atoms with Crippen LogP contribution in [0.3, 0.4) is 0 Å². The van der Waals surface area contributed by atoms with Gasteiger partial charge in [0.05, 0.1) is 5.56 Å². The molecule has 100 valence electrons. The average Bonchev–Trinajstić information content (AvgIpc) is 2.26. The van der Waals surface area contributed by atoms with E-state index >= 15 is 0 Å². The molecule has 0 N–H and O–H groups in total. The highest BCUT2D eigenvalue weighted by molar-refractivity contribution is 6.30. The van der Waals surface area contributed by atoms with Crippen LogP contribution in [-0.2, 0) is 6.18 Å². The van der Waals surface area contributed by atoms with E-state index in [9.17, 15) is 17.6 Å². The third-order valence-corrected chi connectivity index (χ3v) is 2.47. The highest BCUT2D eigenvalue weighted by atomic mass is 35.5. The van der Waals surface area contributed by atoms with E-state index in [1.54, 1.807) is 0 Å². The number of rotatable bonds is 2. The van der Waals surface area contributed by atoms with Crippen LogP contribution in [0.2, 0.25) is 5.02 Å². The molecule has 0 saturated carbocycles. The van der Waals surface area contributed by atoms with Gasteiger partial charge in [-0.05, 0) is 36.4 Å². The molecule has 2 aromatic carbocycles. The Balaban J connectivity index is 2.20. The first-order chi connectivity index (χ1) is 8.84. The Labute approximate surface area is 111 Å². The van der Waals surface area contributed by atoms with Crippen molar-refractivity contribution in [2.24, 2.45) is 0 Å². The van der Waals surface area contributed by atoms with Crippen LogP contribution in [0, 0.1) is 5.82 Å². The van der Waals surface area contributed by atoms with Gasteiger partial charge in [-0.15, -0.1) is 0 Å². The quantitative estimate of drug-likeness (QED) is 0.683. The molecule has 0 radical (unpaired) electrons. The van der Waals surface area contributed by atoms with Gasteiger partial charge in [0.1, 0.15) is 17.3 Å². The van der Waals surface area contributed by atoms with E-state index in [4.69, 9.17) is 16.3 Å². The maximum absolute atomic E-state index is 13.0. The first kappa shape index (κ1) is 13.7. The van der Waals surface area contributed by atoms with E-state index in [0.29, 0.717) is 0 Å². The van der Waals surface area contributed by atoms with Crippen LogP contribution >= 0.6 is 11.6 Å². The van der Waals surface area contributed by atoms with Crippen molar-refractivity contribution in [2.45, 2.75) is 6.18 Å². The Kier molecular flexibility index (Phi) is 3.66. The zero-order valence-corrected chi connectivity index (χ0v) is 10.1. The van der Waals surface area contributed by atoms with Gasteiger partial charge in [0.15, 0.2) is 0 Å².